The Bertz CT molecular complexity index is 1120. The molecule has 2 aliphatic rings. The summed E-state index contributed by atoms with van der Waals surface area (Å²) in [5, 5.41) is 0.256. The second kappa shape index (κ2) is 10.6. The number of fused-ring (bicyclic) bond motifs is 1. The molecule has 0 amide bonds. The second-order valence-corrected chi connectivity index (χ2v) is 9.26. The van der Waals surface area contributed by atoms with E-state index in [-0.39, 0.29) is 11.3 Å². The minimum Gasteiger partial charge on any atom is -0.497 e. The van der Waals surface area contributed by atoms with Gasteiger partial charge in [-0.2, -0.15) is 0 Å². The van der Waals surface area contributed by atoms with Crippen molar-refractivity contribution < 1.29 is 9.47 Å². The molecule has 0 radical (unpaired) electrons. The van der Waals surface area contributed by atoms with Gasteiger partial charge in [-0.1, -0.05) is 24.6 Å². The second-order valence-electron chi connectivity index (χ2n) is 8.92. The van der Waals surface area contributed by atoms with Crippen LogP contribution in [0.4, 0.5) is 5.82 Å². The zero-order chi connectivity index (χ0) is 23.3. The zero-order valence-electron chi connectivity index (χ0n) is 19.6. The third-order valence-corrected chi connectivity index (χ3v) is 6.97. The van der Waals surface area contributed by atoms with Crippen LogP contribution < -0.4 is 14.4 Å². The maximum atomic E-state index is 6.20. The summed E-state index contributed by atoms with van der Waals surface area (Å²) in [6.45, 7) is 4.86. The summed E-state index contributed by atoms with van der Waals surface area (Å²) in [7, 11) is 1.71. The Kier molecular flexibility index (Phi) is 7.16. The van der Waals surface area contributed by atoms with E-state index in [0.29, 0.717) is 6.61 Å². The number of rotatable bonds is 7. The van der Waals surface area contributed by atoms with E-state index in [1.54, 1.807) is 13.3 Å². The smallest absolute Gasteiger partial charge is 0.224 e. The topological polar surface area (TPSA) is 50.7 Å². The fraction of sp³-hybridized carbons (Fsp3) is 0.407. The van der Waals surface area contributed by atoms with Gasteiger partial charge in [0, 0.05) is 19.3 Å². The Morgan fingerprint density at radius 2 is 1.88 bits per heavy atom. The monoisotopic (exact) mass is 478 g/mol. The highest BCUT2D eigenvalue weighted by molar-refractivity contribution is 6.28. The molecule has 0 bridgehead atoms. The number of piperidine rings is 1. The summed E-state index contributed by atoms with van der Waals surface area (Å²) in [5.41, 5.74) is 3.70. The van der Waals surface area contributed by atoms with E-state index < -0.39 is 0 Å². The number of nitrogens with zero attached hydrogens (tertiary/aromatic N) is 4. The molecule has 1 unspecified atom stereocenters. The Labute approximate surface area is 206 Å². The average Bonchev–Trinajstić information content (AvgIpc) is 2.88. The SMILES string of the molecule is COc1ccc2c(c1)CCN(c1ccnc(Cl)n1)C2c1cccc(OCCN2CCCCC2)c1. The van der Waals surface area contributed by atoms with E-state index in [9.17, 15) is 0 Å². The highest BCUT2D eigenvalue weighted by Crippen LogP contribution is 2.39. The molecule has 0 saturated carbocycles. The lowest BCUT2D eigenvalue weighted by Gasteiger charge is -2.38. The molecule has 34 heavy (non-hydrogen) atoms. The van der Waals surface area contributed by atoms with Crippen molar-refractivity contribution in [2.75, 3.05) is 44.8 Å². The highest BCUT2D eigenvalue weighted by atomic mass is 35.5. The standard InChI is InChI=1S/C27H31ClN4O2/c1-33-22-8-9-24-20(18-22)11-15-32(25-10-12-29-27(28)30-25)26(24)21-6-5-7-23(19-21)34-17-16-31-13-3-2-4-14-31/h5-10,12,18-19,26H,2-4,11,13-17H2,1H3. The number of hydrogen-bond donors (Lipinski definition) is 0. The summed E-state index contributed by atoms with van der Waals surface area (Å²) in [5.74, 6) is 2.60. The summed E-state index contributed by atoms with van der Waals surface area (Å²) >= 11 is 6.15. The highest BCUT2D eigenvalue weighted by Gasteiger charge is 2.30. The summed E-state index contributed by atoms with van der Waals surface area (Å²) < 4.78 is 11.7. The quantitative estimate of drug-likeness (QED) is 0.437. The lowest BCUT2D eigenvalue weighted by atomic mass is 9.88. The molecule has 5 rings (SSSR count). The fourth-order valence-electron chi connectivity index (χ4n) is 5.07. The number of benzene rings is 2. The van der Waals surface area contributed by atoms with Gasteiger partial charge in [0.1, 0.15) is 23.9 Å². The molecule has 1 atom stereocenters. The van der Waals surface area contributed by atoms with Crippen LogP contribution in [0.1, 0.15) is 42.0 Å². The molecular formula is C27H31ClN4O2. The number of likely N-dealkylation sites (tertiary alicyclic amines) is 1. The largest absolute Gasteiger partial charge is 0.497 e. The molecule has 1 saturated heterocycles. The number of halogens is 1. The van der Waals surface area contributed by atoms with E-state index in [4.69, 9.17) is 21.1 Å². The van der Waals surface area contributed by atoms with Crippen molar-refractivity contribution in [2.45, 2.75) is 31.7 Å². The third kappa shape index (κ3) is 5.13. The molecule has 0 aliphatic carbocycles. The van der Waals surface area contributed by atoms with Crippen LogP contribution in [-0.2, 0) is 6.42 Å². The molecule has 1 aromatic heterocycles. The van der Waals surface area contributed by atoms with Gasteiger partial charge in [0.15, 0.2) is 0 Å². The predicted octanol–water partition coefficient (Wildman–Crippen LogP) is 5.16. The maximum absolute atomic E-state index is 6.20. The van der Waals surface area contributed by atoms with Crippen LogP contribution in [0.3, 0.4) is 0 Å². The zero-order valence-corrected chi connectivity index (χ0v) is 20.4. The first-order valence-corrected chi connectivity index (χ1v) is 12.5. The molecule has 0 N–H and O–H groups in total. The molecule has 2 aliphatic heterocycles. The Morgan fingerprint density at radius 1 is 1.00 bits per heavy atom. The maximum Gasteiger partial charge on any atom is 0.224 e. The van der Waals surface area contributed by atoms with Crippen molar-refractivity contribution in [3.63, 3.8) is 0 Å². The lowest BCUT2D eigenvalue weighted by molar-refractivity contribution is 0.183. The predicted molar refractivity (Wildman–Crippen MR) is 135 cm³/mol. The van der Waals surface area contributed by atoms with E-state index in [1.807, 2.05) is 18.2 Å². The van der Waals surface area contributed by atoms with Gasteiger partial charge in [-0.15, -0.1) is 0 Å². The molecule has 0 spiro atoms. The Hall–Kier alpha value is -2.83. The average molecular weight is 479 g/mol. The van der Waals surface area contributed by atoms with Crippen LogP contribution in [0.2, 0.25) is 5.28 Å². The van der Waals surface area contributed by atoms with Gasteiger partial charge < -0.3 is 14.4 Å². The van der Waals surface area contributed by atoms with Gasteiger partial charge >= 0.3 is 0 Å². The number of aromatic nitrogens is 2. The molecule has 1 fully saturated rings. The fourth-order valence-corrected chi connectivity index (χ4v) is 5.22. The van der Waals surface area contributed by atoms with Crippen molar-refractivity contribution in [3.05, 3.63) is 76.7 Å². The van der Waals surface area contributed by atoms with Crippen LogP contribution in [-0.4, -0.2) is 54.8 Å². The van der Waals surface area contributed by atoms with Crippen molar-refractivity contribution in [1.82, 2.24) is 14.9 Å². The van der Waals surface area contributed by atoms with Gasteiger partial charge in [-0.05, 0) is 91.0 Å². The van der Waals surface area contributed by atoms with Crippen LogP contribution >= 0.6 is 11.6 Å². The van der Waals surface area contributed by atoms with Gasteiger partial charge in [0.2, 0.25) is 5.28 Å². The molecule has 3 heterocycles. The van der Waals surface area contributed by atoms with Gasteiger partial charge in [0.25, 0.3) is 0 Å². The molecule has 3 aromatic rings. The molecule has 6 nitrogen and oxygen atoms in total. The van der Waals surface area contributed by atoms with Crippen LogP contribution in [0.5, 0.6) is 11.5 Å². The normalized spacial score (nSPS) is 18.4. The van der Waals surface area contributed by atoms with Gasteiger partial charge in [-0.25, -0.2) is 9.97 Å². The van der Waals surface area contributed by atoms with Crippen molar-refractivity contribution >= 4 is 17.4 Å². The number of anilines is 1. The summed E-state index contributed by atoms with van der Waals surface area (Å²) in [6, 6.07) is 16.7. The van der Waals surface area contributed by atoms with E-state index in [2.05, 4.69) is 50.1 Å². The first-order valence-electron chi connectivity index (χ1n) is 12.1. The van der Waals surface area contributed by atoms with E-state index in [0.717, 1.165) is 42.4 Å². The number of hydrogen-bond acceptors (Lipinski definition) is 6. The summed E-state index contributed by atoms with van der Waals surface area (Å²) in [4.78, 5) is 13.4. The van der Waals surface area contributed by atoms with Crippen LogP contribution in [0.15, 0.2) is 54.7 Å². The molecular weight excluding hydrogens is 448 g/mol. The van der Waals surface area contributed by atoms with E-state index in [1.165, 1.54) is 43.5 Å². The first-order chi connectivity index (χ1) is 16.7. The van der Waals surface area contributed by atoms with Gasteiger partial charge in [0.05, 0.1) is 13.2 Å². The Balaban J connectivity index is 1.43. The number of ether oxygens (including phenoxy) is 2. The van der Waals surface area contributed by atoms with Crippen molar-refractivity contribution in [3.8, 4) is 11.5 Å². The third-order valence-electron chi connectivity index (χ3n) is 6.78. The molecule has 2 aromatic carbocycles. The minimum atomic E-state index is -0.00809. The van der Waals surface area contributed by atoms with Crippen molar-refractivity contribution in [2.24, 2.45) is 0 Å². The van der Waals surface area contributed by atoms with Crippen LogP contribution in [0, 0.1) is 0 Å². The molecule has 178 valence electrons. The first kappa shape index (κ1) is 22.9. The molecule has 7 heteroatoms. The lowest BCUT2D eigenvalue weighted by Crippen LogP contribution is -2.36. The number of methoxy groups -OCH3 is 1. The summed E-state index contributed by atoms with van der Waals surface area (Å²) in [6.07, 6.45) is 6.55. The van der Waals surface area contributed by atoms with E-state index >= 15 is 0 Å². The van der Waals surface area contributed by atoms with Crippen LogP contribution in [0.25, 0.3) is 0 Å². The van der Waals surface area contributed by atoms with Crippen molar-refractivity contribution in [1.29, 1.82) is 0 Å². The Morgan fingerprint density at radius 3 is 2.71 bits per heavy atom. The minimum absolute atomic E-state index is 0.00809. The van der Waals surface area contributed by atoms with Gasteiger partial charge in [-0.3, -0.25) is 4.90 Å².